The Hall–Kier alpha value is -3.41. The molecule has 0 aliphatic carbocycles. The number of nitrogens with one attached hydrogen (secondary N) is 1. The van der Waals surface area contributed by atoms with Crippen molar-refractivity contribution in [3.63, 3.8) is 0 Å². The zero-order chi connectivity index (χ0) is 22.5. The number of fused-ring (bicyclic) bond motifs is 1. The summed E-state index contributed by atoms with van der Waals surface area (Å²) in [6, 6.07) is 34.2. The number of hydrogen-bond donors (Lipinski definition) is 1. The van der Waals surface area contributed by atoms with E-state index in [0.717, 1.165) is 22.4 Å². The molecule has 0 aliphatic rings. The van der Waals surface area contributed by atoms with Crippen LogP contribution >= 0.6 is 7.92 Å². The molecule has 0 unspecified atom stereocenters. The third-order valence-electron chi connectivity index (χ3n) is 5.66. The molecule has 32 heavy (non-hydrogen) atoms. The minimum atomic E-state index is -0.634. The molecular weight excluding hydrogens is 405 g/mol. The molecule has 4 rings (SSSR count). The minimum Gasteiger partial charge on any atom is -0.387 e. The SMILES string of the molecule is C=C(/C=C(\C)P(c1ccccc1)c1ccccc1)C(=C)c1ccc2ccccc2c1NC. The Kier molecular flexibility index (Phi) is 6.69. The molecule has 0 aliphatic heterocycles. The minimum absolute atomic E-state index is 0.634. The molecule has 0 saturated heterocycles. The molecule has 1 N–H and O–H groups in total. The molecule has 0 fully saturated rings. The molecule has 158 valence electrons. The summed E-state index contributed by atoms with van der Waals surface area (Å²) >= 11 is 0. The summed E-state index contributed by atoms with van der Waals surface area (Å²) in [7, 11) is 1.33. The third-order valence-corrected chi connectivity index (χ3v) is 8.12. The number of allylic oxidation sites excluding steroid dienone is 4. The largest absolute Gasteiger partial charge is 0.387 e. The van der Waals surface area contributed by atoms with E-state index in [1.54, 1.807) is 0 Å². The molecule has 0 bridgehead atoms. The van der Waals surface area contributed by atoms with Crippen LogP contribution < -0.4 is 15.9 Å². The summed E-state index contributed by atoms with van der Waals surface area (Å²) in [5, 5.41) is 9.76. The van der Waals surface area contributed by atoms with Gasteiger partial charge < -0.3 is 5.32 Å². The van der Waals surface area contributed by atoms with Crippen molar-refractivity contribution in [2.45, 2.75) is 6.92 Å². The lowest BCUT2D eigenvalue weighted by molar-refractivity contribution is 1.50. The van der Waals surface area contributed by atoms with Gasteiger partial charge in [-0.15, -0.1) is 0 Å². The average Bonchev–Trinajstić information content (AvgIpc) is 2.84. The van der Waals surface area contributed by atoms with Crippen LogP contribution in [0.2, 0.25) is 0 Å². The summed E-state index contributed by atoms with van der Waals surface area (Å²) < 4.78 is 0. The molecule has 1 nitrogen and oxygen atoms in total. The van der Waals surface area contributed by atoms with Gasteiger partial charge in [-0.25, -0.2) is 0 Å². The van der Waals surface area contributed by atoms with Crippen molar-refractivity contribution in [1.82, 2.24) is 0 Å². The van der Waals surface area contributed by atoms with Gasteiger partial charge in [0.05, 0.1) is 0 Å². The van der Waals surface area contributed by atoms with Crippen molar-refractivity contribution in [1.29, 1.82) is 0 Å². The summed E-state index contributed by atoms with van der Waals surface area (Å²) in [5.41, 5.74) is 4.06. The molecule has 0 saturated carbocycles. The lowest BCUT2D eigenvalue weighted by Gasteiger charge is -2.21. The standard InChI is InChI=1S/C30H28NP/c1-22(24(3)28-20-19-25-13-11-12-18-29(25)30(28)31-4)21-23(2)32(26-14-7-5-8-15-26)27-16-9-6-10-17-27/h5-21,31H,1,3H2,2,4H3/b23-21+. The van der Waals surface area contributed by atoms with Crippen LogP contribution in [0.3, 0.4) is 0 Å². The fourth-order valence-electron chi connectivity index (χ4n) is 4.08. The van der Waals surface area contributed by atoms with Crippen LogP contribution in [0, 0.1) is 0 Å². The van der Waals surface area contributed by atoms with Crippen molar-refractivity contribution in [3.05, 3.63) is 133 Å². The van der Waals surface area contributed by atoms with Crippen molar-refractivity contribution >= 4 is 40.6 Å². The lowest BCUT2D eigenvalue weighted by Crippen LogP contribution is -2.12. The summed E-state index contributed by atoms with van der Waals surface area (Å²) in [6.07, 6.45) is 2.21. The molecule has 0 atom stereocenters. The molecule has 4 aromatic rings. The molecular formula is C30H28NP. The van der Waals surface area contributed by atoms with Gasteiger partial charge in [0.25, 0.3) is 0 Å². The van der Waals surface area contributed by atoms with E-state index in [1.807, 2.05) is 7.05 Å². The van der Waals surface area contributed by atoms with E-state index >= 15 is 0 Å². The van der Waals surface area contributed by atoms with Crippen molar-refractivity contribution in [2.75, 3.05) is 12.4 Å². The fourth-order valence-corrected chi connectivity index (χ4v) is 6.42. The van der Waals surface area contributed by atoms with Gasteiger partial charge in [0.2, 0.25) is 0 Å². The van der Waals surface area contributed by atoms with E-state index in [2.05, 4.69) is 129 Å². The summed E-state index contributed by atoms with van der Waals surface area (Å²) in [6.45, 7) is 11.0. The van der Waals surface area contributed by atoms with Crippen LogP contribution in [0.4, 0.5) is 5.69 Å². The van der Waals surface area contributed by atoms with Crippen molar-refractivity contribution in [2.24, 2.45) is 0 Å². The maximum atomic E-state index is 4.42. The molecule has 0 heterocycles. The second-order valence-corrected chi connectivity index (χ2v) is 10.2. The molecule has 2 heteroatoms. The van der Waals surface area contributed by atoms with Crippen molar-refractivity contribution in [3.8, 4) is 0 Å². The first-order valence-corrected chi connectivity index (χ1v) is 12.1. The molecule has 0 radical (unpaired) electrons. The fraction of sp³-hybridized carbons (Fsp3) is 0.0667. The van der Waals surface area contributed by atoms with Crippen LogP contribution in [0.5, 0.6) is 0 Å². The van der Waals surface area contributed by atoms with E-state index in [0.29, 0.717) is 0 Å². The second-order valence-electron chi connectivity index (χ2n) is 7.76. The van der Waals surface area contributed by atoms with Gasteiger partial charge in [0.15, 0.2) is 0 Å². The number of hydrogen-bond acceptors (Lipinski definition) is 1. The quantitative estimate of drug-likeness (QED) is 0.235. The highest BCUT2D eigenvalue weighted by Gasteiger charge is 2.17. The topological polar surface area (TPSA) is 12.0 Å². The van der Waals surface area contributed by atoms with Gasteiger partial charge in [0.1, 0.15) is 0 Å². The molecule has 0 aromatic heterocycles. The Bertz CT molecular complexity index is 1250. The predicted octanol–water partition coefficient (Wildman–Crippen LogP) is 7.49. The van der Waals surface area contributed by atoms with Crippen LogP contribution in [-0.2, 0) is 0 Å². The Labute approximate surface area is 192 Å². The van der Waals surface area contributed by atoms with Crippen LogP contribution in [0.1, 0.15) is 12.5 Å². The van der Waals surface area contributed by atoms with Crippen LogP contribution in [0.25, 0.3) is 16.3 Å². The summed E-state index contributed by atoms with van der Waals surface area (Å²) in [5.74, 6) is 0. The second kappa shape index (κ2) is 9.81. The first-order chi connectivity index (χ1) is 15.6. The lowest BCUT2D eigenvalue weighted by atomic mass is 9.95. The van der Waals surface area contributed by atoms with Gasteiger partial charge in [-0.3, -0.25) is 0 Å². The van der Waals surface area contributed by atoms with Gasteiger partial charge in [-0.05, 0) is 47.3 Å². The molecule has 0 amide bonds. The Morgan fingerprint density at radius 3 is 1.91 bits per heavy atom. The van der Waals surface area contributed by atoms with Crippen LogP contribution in [-0.4, -0.2) is 7.05 Å². The smallest absolute Gasteiger partial charge is 0.0496 e. The van der Waals surface area contributed by atoms with Crippen molar-refractivity contribution < 1.29 is 0 Å². The van der Waals surface area contributed by atoms with Gasteiger partial charge in [0, 0.05) is 23.7 Å². The zero-order valence-electron chi connectivity index (χ0n) is 18.7. The van der Waals surface area contributed by atoms with Crippen LogP contribution in [0.15, 0.2) is 127 Å². The van der Waals surface area contributed by atoms with E-state index in [-0.39, 0.29) is 0 Å². The van der Waals surface area contributed by atoms with E-state index in [4.69, 9.17) is 0 Å². The zero-order valence-corrected chi connectivity index (χ0v) is 19.6. The summed E-state index contributed by atoms with van der Waals surface area (Å²) in [4.78, 5) is 0. The molecule has 0 spiro atoms. The number of benzene rings is 4. The molecule has 4 aromatic carbocycles. The van der Waals surface area contributed by atoms with Gasteiger partial charge >= 0.3 is 0 Å². The normalized spacial score (nSPS) is 11.5. The number of rotatable bonds is 7. The van der Waals surface area contributed by atoms with E-state index in [1.165, 1.54) is 26.7 Å². The van der Waals surface area contributed by atoms with E-state index in [9.17, 15) is 0 Å². The Morgan fingerprint density at radius 1 is 0.750 bits per heavy atom. The first-order valence-electron chi connectivity index (χ1n) is 10.8. The predicted molar refractivity (Wildman–Crippen MR) is 144 cm³/mol. The third kappa shape index (κ3) is 4.44. The Morgan fingerprint density at radius 2 is 1.31 bits per heavy atom. The highest BCUT2D eigenvalue weighted by Crippen LogP contribution is 2.44. The maximum Gasteiger partial charge on any atom is 0.0496 e. The van der Waals surface area contributed by atoms with Gasteiger partial charge in [-0.1, -0.05) is 116 Å². The Balaban J connectivity index is 1.72. The highest BCUT2D eigenvalue weighted by molar-refractivity contribution is 7.76. The first kappa shape index (κ1) is 21.8. The van der Waals surface area contributed by atoms with E-state index < -0.39 is 7.92 Å². The highest BCUT2D eigenvalue weighted by atomic mass is 31.1. The average molecular weight is 434 g/mol. The van der Waals surface area contributed by atoms with Gasteiger partial charge in [-0.2, -0.15) is 0 Å². The monoisotopic (exact) mass is 433 g/mol. The maximum absolute atomic E-state index is 4.42. The number of anilines is 1.